The number of likely N-dealkylation sites (tertiary alicyclic amines) is 1. The lowest BCUT2D eigenvalue weighted by Gasteiger charge is -2.16. The van der Waals surface area contributed by atoms with Crippen LogP contribution in [0.4, 0.5) is 8.78 Å². The third-order valence-electron chi connectivity index (χ3n) is 5.28. The van der Waals surface area contributed by atoms with Gasteiger partial charge in [0.15, 0.2) is 0 Å². The molecule has 4 nitrogen and oxygen atoms in total. The van der Waals surface area contributed by atoms with Gasteiger partial charge in [0.25, 0.3) is 11.8 Å². The number of fused-ring (bicyclic) bond motifs is 1. The average molecular weight is 381 g/mol. The van der Waals surface area contributed by atoms with Crippen molar-refractivity contribution >= 4 is 22.9 Å². The molecular weight excluding hydrogens is 360 g/mol. The maximum absolute atomic E-state index is 13.5. The molecule has 28 heavy (non-hydrogen) atoms. The summed E-state index contributed by atoms with van der Waals surface area (Å²) in [6.07, 6.45) is 2.17. The van der Waals surface area contributed by atoms with Crippen LogP contribution in [-0.2, 0) is 6.42 Å². The SMILES string of the molecule is C=Cc1cc(Cc2[nH]nc3ccc(C(=O)N4CCC(F)(F)C4)cc23)ccc1C. The minimum atomic E-state index is -2.80. The summed E-state index contributed by atoms with van der Waals surface area (Å²) in [6, 6.07) is 11.3. The van der Waals surface area contributed by atoms with Gasteiger partial charge < -0.3 is 4.90 Å². The third kappa shape index (κ3) is 3.42. The van der Waals surface area contributed by atoms with Crippen LogP contribution in [0.1, 0.15) is 39.2 Å². The molecule has 1 saturated heterocycles. The summed E-state index contributed by atoms with van der Waals surface area (Å²) in [5.74, 6) is -3.16. The Hall–Kier alpha value is -3.02. The zero-order valence-corrected chi connectivity index (χ0v) is 15.6. The van der Waals surface area contributed by atoms with Crippen LogP contribution >= 0.6 is 0 Å². The van der Waals surface area contributed by atoms with Gasteiger partial charge in [0.05, 0.1) is 12.1 Å². The van der Waals surface area contributed by atoms with Crippen molar-refractivity contribution in [3.05, 3.63) is 70.9 Å². The molecule has 1 N–H and O–H groups in total. The van der Waals surface area contributed by atoms with E-state index >= 15 is 0 Å². The van der Waals surface area contributed by atoms with Gasteiger partial charge in [-0.15, -0.1) is 0 Å². The molecule has 144 valence electrons. The van der Waals surface area contributed by atoms with Crippen molar-refractivity contribution in [1.29, 1.82) is 0 Å². The van der Waals surface area contributed by atoms with Gasteiger partial charge in [-0.1, -0.05) is 30.9 Å². The second-order valence-corrected chi connectivity index (χ2v) is 7.34. The van der Waals surface area contributed by atoms with Gasteiger partial charge in [0.2, 0.25) is 0 Å². The molecule has 0 bridgehead atoms. The maximum Gasteiger partial charge on any atom is 0.267 e. The van der Waals surface area contributed by atoms with Crippen molar-refractivity contribution in [2.45, 2.75) is 25.7 Å². The van der Waals surface area contributed by atoms with E-state index in [1.165, 1.54) is 4.90 Å². The Morgan fingerprint density at radius 2 is 2.14 bits per heavy atom. The van der Waals surface area contributed by atoms with Crippen LogP contribution in [0.2, 0.25) is 0 Å². The van der Waals surface area contributed by atoms with Gasteiger partial charge in [-0.2, -0.15) is 5.10 Å². The zero-order valence-electron chi connectivity index (χ0n) is 15.6. The molecule has 1 amide bonds. The molecule has 1 fully saturated rings. The normalized spacial score (nSPS) is 15.9. The molecule has 1 aliphatic heterocycles. The van der Waals surface area contributed by atoms with Crippen LogP contribution in [0, 0.1) is 6.92 Å². The van der Waals surface area contributed by atoms with Crippen molar-refractivity contribution < 1.29 is 13.6 Å². The Balaban J connectivity index is 1.63. The minimum Gasteiger partial charge on any atom is -0.332 e. The molecular formula is C22H21F2N3O. The molecule has 0 aliphatic carbocycles. The van der Waals surface area contributed by atoms with E-state index in [0.717, 1.165) is 33.3 Å². The number of carbonyl (C=O) groups excluding carboxylic acids is 1. The van der Waals surface area contributed by atoms with Crippen molar-refractivity contribution in [3.8, 4) is 0 Å². The molecule has 1 aromatic heterocycles. The number of nitrogens with one attached hydrogen (secondary N) is 1. The monoisotopic (exact) mass is 381 g/mol. The number of aromatic amines is 1. The molecule has 3 aromatic rings. The highest BCUT2D eigenvalue weighted by Gasteiger charge is 2.40. The highest BCUT2D eigenvalue weighted by molar-refractivity contribution is 5.98. The van der Waals surface area contributed by atoms with Crippen LogP contribution in [0.5, 0.6) is 0 Å². The van der Waals surface area contributed by atoms with Gasteiger partial charge in [0.1, 0.15) is 0 Å². The highest BCUT2D eigenvalue weighted by atomic mass is 19.3. The predicted molar refractivity (Wildman–Crippen MR) is 106 cm³/mol. The Bertz CT molecular complexity index is 1070. The molecule has 4 rings (SSSR count). The number of hydrogen-bond donors (Lipinski definition) is 1. The van der Waals surface area contributed by atoms with Gasteiger partial charge in [-0.25, -0.2) is 8.78 Å². The smallest absolute Gasteiger partial charge is 0.267 e. The highest BCUT2D eigenvalue weighted by Crippen LogP contribution is 2.29. The number of aryl methyl sites for hydroxylation is 1. The number of amides is 1. The first-order valence-electron chi connectivity index (χ1n) is 9.22. The van der Waals surface area contributed by atoms with Gasteiger partial charge >= 0.3 is 0 Å². The quantitative estimate of drug-likeness (QED) is 0.719. The van der Waals surface area contributed by atoms with E-state index in [1.54, 1.807) is 18.2 Å². The molecule has 2 aromatic carbocycles. The van der Waals surface area contributed by atoms with E-state index in [2.05, 4.69) is 28.9 Å². The van der Waals surface area contributed by atoms with Crippen molar-refractivity contribution in [2.24, 2.45) is 0 Å². The maximum atomic E-state index is 13.5. The zero-order chi connectivity index (χ0) is 19.9. The van der Waals surface area contributed by atoms with Crippen LogP contribution in [-0.4, -0.2) is 40.0 Å². The number of nitrogens with zero attached hydrogens (tertiary/aromatic N) is 2. The van der Waals surface area contributed by atoms with Crippen LogP contribution in [0.3, 0.4) is 0 Å². The topological polar surface area (TPSA) is 49.0 Å². The van der Waals surface area contributed by atoms with Crippen LogP contribution in [0.15, 0.2) is 43.0 Å². The Morgan fingerprint density at radius 1 is 1.32 bits per heavy atom. The van der Waals surface area contributed by atoms with E-state index in [-0.39, 0.29) is 18.9 Å². The Labute approximate surface area is 161 Å². The molecule has 2 heterocycles. The van der Waals surface area contributed by atoms with Crippen molar-refractivity contribution in [1.82, 2.24) is 15.1 Å². The summed E-state index contributed by atoms with van der Waals surface area (Å²) in [6.45, 7) is 5.44. The number of halogens is 2. The Kier molecular flexibility index (Phi) is 4.49. The summed E-state index contributed by atoms with van der Waals surface area (Å²) in [4.78, 5) is 13.9. The molecule has 6 heteroatoms. The number of carbonyl (C=O) groups is 1. The first-order valence-corrected chi connectivity index (χ1v) is 9.22. The lowest BCUT2D eigenvalue weighted by atomic mass is 10.0. The lowest BCUT2D eigenvalue weighted by Crippen LogP contribution is -2.31. The second kappa shape index (κ2) is 6.86. The number of H-pyrrole nitrogens is 1. The summed E-state index contributed by atoms with van der Waals surface area (Å²) < 4.78 is 26.9. The number of rotatable bonds is 4. The number of alkyl halides is 2. The van der Waals surface area contributed by atoms with E-state index in [9.17, 15) is 13.6 Å². The number of aromatic nitrogens is 2. The van der Waals surface area contributed by atoms with Gasteiger partial charge in [0, 0.05) is 36.0 Å². The van der Waals surface area contributed by atoms with Crippen LogP contribution in [0.25, 0.3) is 17.0 Å². The summed E-state index contributed by atoms with van der Waals surface area (Å²) in [7, 11) is 0. The van der Waals surface area contributed by atoms with Crippen molar-refractivity contribution in [2.75, 3.05) is 13.1 Å². The second-order valence-electron chi connectivity index (χ2n) is 7.34. The van der Waals surface area contributed by atoms with Gasteiger partial charge in [-0.3, -0.25) is 9.89 Å². The lowest BCUT2D eigenvalue weighted by molar-refractivity contribution is 0.0120. The summed E-state index contributed by atoms with van der Waals surface area (Å²) in [5.41, 5.74) is 5.37. The third-order valence-corrected chi connectivity index (χ3v) is 5.28. The molecule has 0 radical (unpaired) electrons. The first kappa shape index (κ1) is 18.3. The molecule has 0 unspecified atom stereocenters. The van der Waals surface area contributed by atoms with E-state index in [4.69, 9.17) is 0 Å². The summed E-state index contributed by atoms with van der Waals surface area (Å²) in [5, 5.41) is 8.18. The van der Waals surface area contributed by atoms with Crippen molar-refractivity contribution in [3.63, 3.8) is 0 Å². The van der Waals surface area contributed by atoms with E-state index in [0.29, 0.717) is 12.0 Å². The van der Waals surface area contributed by atoms with Crippen LogP contribution < -0.4 is 0 Å². The first-order chi connectivity index (χ1) is 13.4. The van der Waals surface area contributed by atoms with E-state index in [1.807, 2.05) is 19.1 Å². The fourth-order valence-electron chi connectivity index (χ4n) is 3.65. The number of benzene rings is 2. The standard InChI is InChI=1S/C22H21F2N3O/c1-3-16-10-15(5-4-14(16)2)11-20-18-12-17(6-7-19(18)25-26-20)21(28)27-9-8-22(23,24)13-27/h3-7,10,12H,1,8-9,11,13H2,2H3,(H,25,26). The molecule has 1 aliphatic rings. The molecule has 0 saturated carbocycles. The largest absolute Gasteiger partial charge is 0.332 e. The molecule has 0 spiro atoms. The van der Waals surface area contributed by atoms with Gasteiger partial charge in [-0.05, 0) is 41.8 Å². The average Bonchev–Trinajstić information content (AvgIpc) is 3.25. The summed E-state index contributed by atoms with van der Waals surface area (Å²) >= 11 is 0. The fraction of sp³-hybridized carbons (Fsp3) is 0.273. The molecule has 0 atom stereocenters. The predicted octanol–water partition coefficient (Wildman–Crippen LogP) is 4.59. The van der Waals surface area contributed by atoms with E-state index < -0.39 is 12.5 Å². The number of hydrogen-bond acceptors (Lipinski definition) is 2. The minimum absolute atomic E-state index is 0.0792. The Morgan fingerprint density at radius 3 is 2.86 bits per heavy atom. The fourth-order valence-corrected chi connectivity index (χ4v) is 3.65.